The van der Waals surface area contributed by atoms with Gasteiger partial charge in [-0.25, -0.2) is 0 Å². The van der Waals surface area contributed by atoms with Crippen LogP contribution >= 0.6 is 27.5 Å². The molecule has 1 N–H and O–H groups in total. The highest BCUT2D eigenvalue weighted by molar-refractivity contribution is 9.10. The van der Waals surface area contributed by atoms with Crippen LogP contribution in [-0.4, -0.2) is 21.5 Å². The van der Waals surface area contributed by atoms with Crippen molar-refractivity contribution in [3.63, 3.8) is 0 Å². The highest BCUT2D eigenvalue weighted by atomic mass is 79.9. The van der Waals surface area contributed by atoms with Crippen molar-refractivity contribution in [3.05, 3.63) is 50.7 Å². The van der Waals surface area contributed by atoms with Crippen molar-refractivity contribution >= 4 is 27.5 Å². The molecule has 0 saturated carbocycles. The summed E-state index contributed by atoms with van der Waals surface area (Å²) in [6.45, 7) is 2.01. The summed E-state index contributed by atoms with van der Waals surface area (Å²) in [5, 5.41) is 14.7. The van der Waals surface area contributed by atoms with Crippen LogP contribution in [0.15, 0.2) is 28.7 Å². The largest absolute Gasteiger partial charge is 0.396 e. The van der Waals surface area contributed by atoms with Gasteiger partial charge in [0.25, 0.3) is 0 Å². The van der Waals surface area contributed by atoms with Crippen LogP contribution in [-0.2, 0) is 13.5 Å². The fourth-order valence-electron chi connectivity index (χ4n) is 2.21. The van der Waals surface area contributed by atoms with Crippen molar-refractivity contribution in [1.29, 1.82) is 0 Å². The van der Waals surface area contributed by atoms with Gasteiger partial charge in [0.05, 0.1) is 22.5 Å². The second kappa shape index (κ2) is 6.07. The first kappa shape index (κ1) is 14.6. The highest BCUT2D eigenvalue weighted by Gasteiger charge is 2.19. The van der Waals surface area contributed by atoms with E-state index in [1.165, 1.54) is 0 Å². The molecule has 0 spiro atoms. The third-order valence-corrected chi connectivity index (χ3v) is 4.64. The number of aliphatic hydroxyl groups excluding tert-OH is 1. The van der Waals surface area contributed by atoms with Crippen LogP contribution in [0.25, 0.3) is 0 Å². The molecule has 0 aliphatic heterocycles. The number of rotatable bonds is 4. The number of aromatic nitrogens is 2. The van der Waals surface area contributed by atoms with E-state index in [9.17, 15) is 5.11 Å². The van der Waals surface area contributed by atoms with Crippen molar-refractivity contribution in [1.82, 2.24) is 9.78 Å². The van der Waals surface area contributed by atoms with E-state index in [-0.39, 0.29) is 12.5 Å². The fraction of sp³-hybridized carbons (Fsp3) is 0.357. The Morgan fingerprint density at radius 1 is 1.42 bits per heavy atom. The zero-order chi connectivity index (χ0) is 14.0. The molecule has 1 aromatic heterocycles. The average Bonchev–Trinajstić information content (AvgIpc) is 2.63. The minimum atomic E-state index is -0.0280. The van der Waals surface area contributed by atoms with Crippen LogP contribution in [0.5, 0.6) is 0 Å². The topological polar surface area (TPSA) is 38.0 Å². The number of nitrogens with zero attached hydrogens (tertiary/aromatic N) is 2. The van der Waals surface area contributed by atoms with Crippen LogP contribution in [0.1, 0.15) is 22.9 Å². The van der Waals surface area contributed by atoms with Gasteiger partial charge in [0.15, 0.2) is 0 Å². The Labute approximate surface area is 126 Å². The summed E-state index contributed by atoms with van der Waals surface area (Å²) in [6.07, 6.45) is 0.693. The highest BCUT2D eigenvalue weighted by Crippen LogP contribution is 2.30. The molecule has 0 bridgehead atoms. The molecule has 0 aliphatic rings. The standard InChI is InChI=1S/C14H16BrClN2O/c1-9-14(15)13(18(2)17-9)7-10(8-19)11-5-3-4-6-12(11)16/h3-6,10,19H,7-8H2,1-2H3. The van der Waals surface area contributed by atoms with E-state index in [1.54, 1.807) is 0 Å². The molecule has 5 heteroatoms. The number of hydrogen-bond donors (Lipinski definition) is 1. The van der Waals surface area contributed by atoms with Crippen molar-refractivity contribution in [2.45, 2.75) is 19.3 Å². The lowest BCUT2D eigenvalue weighted by atomic mass is 9.95. The first-order valence-electron chi connectivity index (χ1n) is 6.07. The van der Waals surface area contributed by atoms with Gasteiger partial charge in [-0.15, -0.1) is 0 Å². The maximum absolute atomic E-state index is 9.65. The van der Waals surface area contributed by atoms with Gasteiger partial charge in [-0.05, 0) is 40.9 Å². The maximum Gasteiger partial charge on any atom is 0.0738 e. The van der Waals surface area contributed by atoms with Crippen LogP contribution < -0.4 is 0 Å². The average molecular weight is 344 g/mol. The first-order chi connectivity index (χ1) is 9.04. The molecule has 0 saturated heterocycles. The molecule has 0 fully saturated rings. The zero-order valence-electron chi connectivity index (χ0n) is 10.9. The van der Waals surface area contributed by atoms with Gasteiger partial charge in [-0.3, -0.25) is 4.68 Å². The first-order valence-corrected chi connectivity index (χ1v) is 7.25. The number of benzene rings is 1. The number of aliphatic hydroxyl groups is 1. The zero-order valence-corrected chi connectivity index (χ0v) is 13.2. The Morgan fingerprint density at radius 3 is 2.63 bits per heavy atom. The SMILES string of the molecule is Cc1nn(C)c(CC(CO)c2ccccc2Cl)c1Br. The molecule has 1 heterocycles. The quantitative estimate of drug-likeness (QED) is 0.923. The number of hydrogen-bond acceptors (Lipinski definition) is 2. The Hall–Kier alpha value is -0.840. The summed E-state index contributed by atoms with van der Waals surface area (Å²) in [7, 11) is 1.91. The molecule has 102 valence electrons. The Morgan fingerprint density at radius 2 is 2.11 bits per heavy atom. The molecular formula is C14H16BrClN2O. The van der Waals surface area contributed by atoms with E-state index in [0.29, 0.717) is 11.4 Å². The second-order valence-corrected chi connectivity index (χ2v) is 5.78. The van der Waals surface area contributed by atoms with Crippen LogP contribution in [0.4, 0.5) is 0 Å². The van der Waals surface area contributed by atoms with Crippen molar-refractivity contribution in [2.75, 3.05) is 6.61 Å². The minimum absolute atomic E-state index is 0.0280. The van der Waals surface area contributed by atoms with Crippen LogP contribution in [0.3, 0.4) is 0 Å². The second-order valence-electron chi connectivity index (χ2n) is 4.57. The predicted molar refractivity (Wildman–Crippen MR) is 80.6 cm³/mol. The molecule has 3 nitrogen and oxygen atoms in total. The molecule has 0 radical (unpaired) electrons. The van der Waals surface area contributed by atoms with E-state index >= 15 is 0 Å². The summed E-state index contributed by atoms with van der Waals surface area (Å²) in [5.41, 5.74) is 2.99. The predicted octanol–water partition coefficient (Wildman–Crippen LogP) is 3.46. The third-order valence-electron chi connectivity index (χ3n) is 3.27. The summed E-state index contributed by atoms with van der Waals surface area (Å²) >= 11 is 9.76. The fourth-order valence-corrected chi connectivity index (χ4v) is 3.00. The van der Waals surface area contributed by atoms with Gasteiger partial charge in [0.1, 0.15) is 0 Å². The van der Waals surface area contributed by atoms with Gasteiger partial charge >= 0.3 is 0 Å². The lowest BCUT2D eigenvalue weighted by molar-refractivity contribution is 0.263. The number of halogens is 2. The monoisotopic (exact) mass is 342 g/mol. The molecule has 2 rings (SSSR count). The molecule has 0 amide bonds. The molecule has 2 aromatic rings. The van der Waals surface area contributed by atoms with E-state index in [4.69, 9.17) is 11.6 Å². The smallest absolute Gasteiger partial charge is 0.0738 e. The van der Waals surface area contributed by atoms with E-state index in [2.05, 4.69) is 21.0 Å². The molecule has 1 atom stereocenters. The van der Waals surface area contributed by atoms with Gasteiger partial charge in [-0.1, -0.05) is 29.8 Å². The van der Waals surface area contributed by atoms with Gasteiger partial charge in [0, 0.05) is 18.0 Å². The van der Waals surface area contributed by atoms with Crippen molar-refractivity contribution in [3.8, 4) is 0 Å². The van der Waals surface area contributed by atoms with E-state index < -0.39 is 0 Å². The summed E-state index contributed by atoms with van der Waals surface area (Å²) < 4.78 is 2.85. The van der Waals surface area contributed by atoms with Crippen LogP contribution in [0.2, 0.25) is 5.02 Å². The van der Waals surface area contributed by atoms with E-state index in [0.717, 1.165) is 21.4 Å². The lowest BCUT2D eigenvalue weighted by Crippen LogP contribution is -2.11. The molecule has 0 aliphatic carbocycles. The Bertz CT molecular complexity index is 583. The summed E-state index contributed by atoms with van der Waals surface area (Å²) in [6, 6.07) is 7.64. The van der Waals surface area contributed by atoms with Crippen molar-refractivity contribution in [2.24, 2.45) is 7.05 Å². The number of aryl methyl sites for hydroxylation is 2. The Kier molecular flexibility index (Phi) is 4.66. The van der Waals surface area contributed by atoms with Crippen LogP contribution in [0, 0.1) is 6.92 Å². The van der Waals surface area contributed by atoms with Crippen molar-refractivity contribution < 1.29 is 5.11 Å². The lowest BCUT2D eigenvalue weighted by Gasteiger charge is -2.16. The minimum Gasteiger partial charge on any atom is -0.396 e. The van der Waals surface area contributed by atoms with Gasteiger partial charge < -0.3 is 5.11 Å². The van der Waals surface area contributed by atoms with E-state index in [1.807, 2.05) is 42.9 Å². The molecule has 1 aromatic carbocycles. The summed E-state index contributed by atoms with van der Waals surface area (Å²) in [4.78, 5) is 0. The molecule has 19 heavy (non-hydrogen) atoms. The summed E-state index contributed by atoms with van der Waals surface area (Å²) in [5.74, 6) is -0.0280. The van der Waals surface area contributed by atoms with Gasteiger partial charge in [0.2, 0.25) is 0 Å². The normalized spacial score (nSPS) is 12.7. The Balaban J connectivity index is 2.32. The molecular weight excluding hydrogens is 328 g/mol. The molecule has 1 unspecified atom stereocenters. The van der Waals surface area contributed by atoms with Gasteiger partial charge in [-0.2, -0.15) is 5.10 Å². The third kappa shape index (κ3) is 3.02. The maximum atomic E-state index is 9.65.